The molecular weight excluding hydrogens is 429 g/mol. The van der Waals surface area contributed by atoms with E-state index in [-0.39, 0.29) is 30.1 Å². The zero-order chi connectivity index (χ0) is 20.1. The standard InChI is InChI=1S/C20H21BrFN3O3/c1-13-2-5-18(23-11-13)24-20(27)14-6-8-25(9-7-14)19(26)12-28-17-4-3-15(21)10-16(17)22/h2-5,10-11,14H,6-9,12H2,1H3,(H,23,24,27). The van der Waals surface area contributed by atoms with E-state index in [2.05, 4.69) is 26.2 Å². The van der Waals surface area contributed by atoms with Gasteiger partial charge in [0.15, 0.2) is 18.2 Å². The first kappa shape index (κ1) is 20.3. The van der Waals surface area contributed by atoms with Crippen molar-refractivity contribution in [2.75, 3.05) is 25.0 Å². The van der Waals surface area contributed by atoms with Gasteiger partial charge in [0, 0.05) is 29.7 Å². The average molecular weight is 450 g/mol. The maximum atomic E-state index is 13.8. The SMILES string of the molecule is Cc1ccc(NC(=O)C2CCN(C(=O)COc3ccc(Br)cc3F)CC2)nc1. The van der Waals surface area contributed by atoms with Gasteiger partial charge in [-0.15, -0.1) is 0 Å². The van der Waals surface area contributed by atoms with Gasteiger partial charge in [0.2, 0.25) is 5.91 Å². The Morgan fingerprint density at radius 3 is 2.68 bits per heavy atom. The van der Waals surface area contributed by atoms with Crippen LogP contribution in [0.15, 0.2) is 41.0 Å². The van der Waals surface area contributed by atoms with Crippen molar-refractivity contribution in [3.63, 3.8) is 0 Å². The Hall–Kier alpha value is -2.48. The minimum absolute atomic E-state index is 0.0383. The number of carbonyl (C=O) groups excluding carboxylic acids is 2. The van der Waals surface area contributed by atoms with Crippen molar-refractivity contribution in [1.82, 2.24) is 9.88 Å². The molecular formula is C20H21BrFN3O3. The summed E-state index contributed by atoms with van der Waals surface area (Å²) in [6.07, 6.45) is 2.83. The molecule has 0 aliphatic carbocycles. The van der Waals surface area contributed by atoms with Crippen molar-refractivity contribution < 1.29 is 18.7 Å². The van der Waals surface area contributed by atoms with Crippen LogP contribution in [-0.2, 0) is 9.59 Å². The number of aryl methyl sites for hydroxylation is 1. The van der Waals surface area contributed by atoms with Crippen molar-refractivity contribution in [3.8, 4) is 5.75 Å². The molecule has 28 heavy (non-hydrogen) atoms. The summed E-state index contributed by atoms with van der Waals surface area (Å²) in [6, 6.07) is 8.06. The Balaban J connectivity index is 1.45. The number of piperidine rings is 1. The van der Waals surface area contributed by atoms with Crippen LogP contribution in [0.1, 0.15) is 18.4 Å². The summed E-state index contributed by atoms with van der Waals surface area (Å²) in [4.78, 5) is 30.5. The third-order valence-electron chi connectivity index (χ3n) is 4.63. The predicted octanol–water partition coefficient (Wildman–Crippen LogP) is 3.55. The van der Waals surface area contributed by atoms with Crippen LogP contribution in [0.25, 0.3) is 0 Å². The van der Waals surface area contributed by atoms with E-state index >= 15 is 0 Å². The molecule has 148 valence electrons. The monoisotopic (exact) mass is 449 g/mol. The molecule has 0 bridgehead atoms. The van der Waals surface area contributed by atoms with Crippen molar-refractivity contribution >= 4 is 33.6 Å². The zero-order valence-corrected chi connectivity index (χ0v) is 17.0. The van der Waals surface area contributed by atoms with Crippen LogP contribution in [0.5, 0.6) is 5.75 Å². The summed E-state index contributed by atoms with van der Waals surface area (Å²) in [5.74, 6) is -0.437. The van der Waals surface area contributed by atoms with Gasteiger partial charge >= 0.3 is 0 Å². The van der Waals surface area contributed by atoms with Crippen LogP contribution in [0, 0.1) is 18.7 Å². The molecule has 1 saturated heterocycles. The minimum atomic E-state index is -0.526. The number of amides is 2. The molecule has 0 saturated carbocycles. The van der Waals surface area contributed by atoms with Crippen LogP contribution >= 0.6 is 15.9 Å². The lowest BCUT2D eigenvalue weighted by atomic mass is 9.96. The molecule has 2 heterocycles. The number of likely N-dealkylation sites (tertiary alicyclic amines) is 1. The fourth-order valence-electron chi connectivity index (χ4n) is 2.98. The number of benzene rings is 1. The fourth-order valence-corrected chi connectivity index (χ4v) is 3.32. The molecule has 1 N–H and O–H groups in total. The van der Waals surface area contributed by atoms with Crippen molar-refractivity contribution in [3.05, 3.63) is 52.4 Å². The Morgan fingerprint density at radius 2 is 2.04 bits per heavy atom. The van der Waals surface area contributed by atoms with Gasteiger partial charge in [0.25, 0.3) is 5.91 Å². The Labute approximate surface area is 171 Å². The molecule has 0 atom stereocenters. The van der Waals surface area contributed by atoms with Gasteiger partial charge in [-0.3, -0.25) is 9.59 Å². The number of halogens is 2. The van der Waals surface area contributed by atoms with Gasteiger partial charge in [-0.1, -0.05) is 22.0 Å². The molecule has 2 amide bonds. The minimum Gasteiger partial charge on any atom is -0.481 e. The molecule has 1 aliphatic rings. The van der Waals surface area contributed by atoms with Crippen molar-refractivity contribution in [2.45, 2.75) is 19.8 Å². The third-order valence-corrected chi connectivity index (χ3v) is 5.12. The quantitative estimate of drug-likeness (QED) is 0.757. The fraction of sp³-hybridized carbons (Fsp3) is 0.350. The van der Waals surface area contributed by atoms with Crippen LogP contribution < -0.4 is 10.1 Å². The third kappa shape index (κ3) is 5.28. The van der Waals surface area contributed by atoms with Crippen molar-refractivity contribution in [2.24, 2.45) is 5.92 Å². The molecule has 6 nitrogen and oxygen atoms in total. The number of rotatable bonds is 5. The molecule has 1 aromatic carbocycles. The van der Waals surface area contributed by atoms with E-state index in [1.165, 1.54) is 12.1 Å². The van der Waals surface area contributed by atoms with E-state index in [9.17, 15) is 14.0 Å². The van der Waals surface area contributed by atoms with E-state index in [4.69, 9.17) is 4.74 Å². The summed E-state index contributed by atoms with van der Waals surface area (Å²) in [5.41, 5.74) is 1.02. The number of pyridine rings is 1. The number of hydrogen-bond acceptors (Lipinski definition) is 4. The molecule has 2 aromatic rings. The largest absolute Gasteiger partial charge is 0.481 e. The molecule has 0 radical (unpaired) electrons. The van der Waals surface area contributed by atoms with Gasteiger partial charge < -0.3 is 15.0 Å². The van der Waals surface area contributed by atoms with E-state index in [1.807, 2.05) is 13.0 Å². The van der Waals surface area contributed by atoms with Gasteiger partial charge in [-0.05, 0) is 49.6 Å². The van der Waals surface area contributed by atoms with E-state index in [0.29, 0.717) is 36.2 Å². The highest BCUT2D eigenvalue weighted by Crippen LogP contribution is 2.22. The van der Waals surface area contributed by atoms with Gasteiger partial charge in [0.1, 0.15) is 5.82 Å². The highest BCUT2D eigenvalue weighted by molar-refractivity contribution is 9.10. The molecule has 8 heteroatoms. The van der Waals surface area contributed by atoms with Gasteiger partial charge in [-0.2, -0.15) is 0 Å². The van der Waals surface area contributed by atoms with Crippen LogP contribution in [0.3, 0.4) is 0 Å². The Morgan fingerprint density at radius 1 is 1.29 bits per heavy atom. The summed E-state index contributed by atoms with van der Waals surface area (Å²) in [7, 11) is 0. The number of ether oxygens (including phenoxy) is 1. The van der Waals surface area contributed by atoms with E-state index in [1.54, 1.807) is 23.2 Å². The van der Waals surface area contributed by atoms with Crippen LogP contribution in [0.2, 0.25) is 0 Å². The first-order valence-corrected chi connectivity index (χ1v) is 9.81. The smallest absolute Gasteiger partial charge is 0.260 e. The number of aromatic nitrogens is 1. The Kier molecular flexibility index (Phi) is 6.61. The lowest BCUT2D eigenvalue weighted by molar-refractivity contribution is -0.136. The number of carbonyl (C=O) groups is 2. The highest BCUT2D eigenvalue weighted by atomic mass is 79.9. The first-order valence-electron chi connectivity index (χ1n) is 9.01. The van der Waals surface area contributed by atoms with Crippen LogP contribution in [-0.4, -0.2) is 41.4 Å². The second-order valence-corrected chi connectivity index (χ2v) is 7.64. The van der Waals surface area contributed by atoms with Gasteiger partial charge in [0.05, 0.1) is 0 Å². The summed E-state index contributed by atoms with van der Waals surface area (Å²) >= 11 is 3.17. The first-order chi connectivity index (χ1) is 13.4. The molecule has 3 rings (SSSR count). The van der Waals surface area contributed by atoms with E-state index in [0.717, 1.165) is 5.56 Å². The van der Waals surface area contributed by atoms with Gasteiger partial charge in [-0.25, -0.2) is 9.37 Å². The predicted molar refractivity (Wildman–Crippen MR) is 107 cm³/mol. The molecule has 1 aromatic heterocycles. The zero-order valence-electron chi connectivity index (χ0n) is 15.5. The summed E-state index contributed by atoms with van der Waals surface area (Å²) in [6.45, 7) is 2.62. The van der Waals surface area contributed by atoms with Crippen LogP contribution in [0.4, 0.5) is 10.2 Å². The maximum Gasteiger partial charge on any atom is 0.260 e. The molecule has 0 spiro atoms. The number of anilines is 1. The topological polar surface area (TPSA) is 71.5 Å². The summed E-state index contributed by atoms with van der Waals surface area (Å²) < 4.78 is 19.7. The number of nitrogens with one attached hydrogen (secondary N) is 1. The number of hydrogen-bond donors (Lipinski definition) is 1. The molecule has 1 aliphatic heterocycles. The number of nitrogens with zero attached hydrogens (tertiary/aromatic N) is 2. The normalized spacial score (nSPS) is 14.6. The molecule has 0 unspecified atom stereocenters. The summed E-state index contributed by atoms with van der Waals surface area (Å²) in [5, 5.41) is 2.82. The van der Waals surface area contributed by atoms with Crippen molar-refractivity contribution in [1.29, 1.82) is 0 Å². The average Bonchev–Trinajstić information content (AvgIpc) is 2.69. The lowest BCUT2D eigenvalue weighted by Gasteiger charge is -2.31. The highest BCUT2D eigenvalue weighted by Gasteiger charge is 2.27. The molecule has 1 fully saturated rings. The Bertz CT molecular complexity index is 852. The lowest BCUT2D eigenvalue weighted by Crippen LogP contribution is -2.43. The maximum absolute atomic E-state index is 13.8. The van der Waals surface area contributed by atoms with E-state index < -0.39 is 5.82 Å². The second kappa shape index (κ2) is 9.14. The second-order valence-electron chi connectivity index (χ2n) is 6.73.